The Morgan fingerprint density at radius 3 is 1.84 bits per heavy atom. The summed E-state index contributed by atoms with van der Waals surface area (Å²) in [5.41, 5.74) is 9.44. The quantitative estimate of drug-likeness (QED) is 0.202. The van der Waals surface area contributed by atoms with E-state index in [-0.39, 0.29) is 14.9 Å². The van der Waals surface area contributed by atoms with E-state index in [1.165, 1.54) is 66.5 Å². The van der Waals surface area contributed by atoms with Crippen LogP contribution >= 0.6 is 0 Å². The standard InChI is InChI=1S/C13H9.C13H10.C7H10N.2CH3.Zr/c1-3-7-12-10(5-1)9-11-6-2-4-8-13(11)12;1-3-7-12(8-4-1)11-13-9-5-2-6-10-13;1-8(2)7-5-3-4-6-7;;;/h1-5,7-8H,9H2;1-10H;5-6H,3H2,1-2H3;2*1H3;/q-1;;3*-1;. The molecule has 2 heteroatoms. The molecule has 2 aliphatic rings. The maximum Gasteiger partial charge on any atom is -0.0253 e. The van der Waals surface area contributed by atoms with E-state index in [1.54, 1.807) is 0 Å². The van der Waals surface area contributed by atoms with Crippen molar-refractivity contribution in [1.82, 2.24) is 4.90 Å². The molecule has 0 radical (unpaired) electrons. The molecule has 0 aliphatic heterocycles. The van der Waals surface area contributed by atoms with Crippen molar-refractivity contribution >= 4 is 3.21 Å². The van der Waals surface area contributed by atoms with Crippen LogP contribution < -0.4 is 0 Å². The Hall–Kier alpha value is -3.09. The largest absolute Gasteiger partial charge is 0.179 e. The van der Waals surface area contributed by atoms with Crippen molar-refractivity contribution in [2.75, 3.05) is 14.1 Å². The third-order valence-electron chi connectivity index (χ3n) is 5.94. The zero-order valence-electron chi connectivity index (χ0n) is 22.3. The van der Waals surface area contributed by atoms with Gasteiger partial charge in [-0.2, -0.15) is 35.9 Å². The number of benzene rings is 4. The van der Waals surface area contributed by atoms with Crippen molar-refractivity contribution < 1.29 is 24.2 Å². The summed E-state index contributed by atoms with van der Waals surface area (Å²) in [6.07, 6.45) is 9.29. The first kappa shape index (κ1) is 30.1. The molecule has 0 amide bonds. The van der Waals surface area contributed by atoms with Gasteiger partial charge in [0, 0.05) is 0 Å². The van der Waals surface area contributed by atoms with Gasteiger partial charge in [0.25, 0.3) is 0 Å². The second-order valence-electron chi connectivity index (χ2n) is 8.58. The summed E-state index contributed by atoms with van der Waals surface area (Å²) in [6, 6.07) is 39.2. The molecule has 6 rings (SSSR count). The molecule has 4 aromatic carbocycles. The number of fused-ring (bicyclic) bond motifs is 3. The second-order valence-corrected chi connectivity index (χ2v) is 9.81. The van der Waals surface area contributed by atoms with E-state index in [0.717, 1.165) is 12.8 Å². The van der Waals surface area contributed by atoms with Crippen LogP contribution in [0.3, 0.4) is 0 Å². The van der Waals surface area contributed by atoms with E-state index in [4.69, 9.17) is 0 Å². The van der Waals surface area contributed by atoms with Crippen molar-refractivity contribution in [3.05, 3.63) is 170 Å². The van der Waals surface area contributed by atoms with E-state index < -0.39 is 0 Å². The molecule has 0 atom stereocenters. The van der Waals surface area contributed by atoms with Crippen LogP contribution in [0.15, 0.2) is 121 Å². The van der Waals surface area contributed by atoms with E-state index >= 15 is 0 Å². The fraction of sp³-hybridized carbons (Fsp3) is 0.114. The summed E-state index contributed by atoms with van der Waals surface area (Å²) in [7, 11) is 4.07. The van der Waals surface area contributed by atoms with Crippen LogP contribution in [0.5, 0.6) is 0 Å². The molecule has 0 fully saturated rings. The van der Waals surface area contributed by atoms with Gasteiger partial charge < -0.3 is 19.8 Å². The SMILES string of the molecule is CN(C)C1=CC[C-]=C1.[CH3-].[CH3-].[Zr]=[C](c1ccccc1)c1ccccc1.[c-]1cccc2c1Cc1ccccc1-2. The first-order chi connectivity index (χ1) is 17.1. The zero-order chi connectivity index (χ0) is 24.5. The maximum atomic E-state index is 3.30. The minimum atomic E-state index is 0. The minimum Gasteiger partial charge on any atom is -0.179 e. The fourth-order valence-electron chi connectivity index (χ4n) is 4.07. The molecule has 37 heavy (non-hydrogen) atoms. The van der Waals surface area contributed by atoms with E-state index in [0.29, 0.717) is 0 Å². The molecule has 0 aromatic heterocycles. The van der Waals surface area contributed by atoms with Gasteiger partial charge in [-0.25, -0.2) is 6.08 Å². The van der Waals surface area contributed by atoms with Gasteiger partial charge in [0.15, 0.2) is 0 Å². The molecule has 0 N–H and O–H groups in total. The van der Waals surface area contributed by atoms with Crippen LogP contribution in [0.25, 0.3) is 11.1 Å². The summed E-state index contributed by atoms with van der Waals surface area (Å²) < 4.78 is 1.42. The van der Waals surface area contributed by atoms with Crippen LogP contribution in [0, 0.1) is 27.0 Å². The predicted octanol–water partition coefficient (Wildman–Crippen LogP) is 7.96. The summed E-state index contributed by atoms with van der Waals surface area (Å²) >= 11 is 1.46. The second kappa shape index (κ2) is 15.2. The summed E-state index contributed by atoms with van der Waals surface area (Å²) in [5.74, 6) is 0. The van der Waals surface area contributed by atoms with E-state index in [9.17, 15) is 0 Å². The molecule has 0 unspecified atom stereocenters. The molecular formula is C35H35NZr-4. The molecule has 0 heterocycles. The van der Waals surface area contributed by atoms with E-state index in [2.05, 4.69) is 120 Å². The predicted molar refractivity (Wildman–Crippen MR) is 157 cm³/mol. The normalized spacial score (nSPS) is 11.5. The van der Waals surface area contributed by atoms with Gasteiger partial charge in [-0.05, 0) is 20.5 Å². The average molecular weight is 561 g/mol. The van der Waals surface area contributed by atoms with E-state index in [1.807, 2.05) is 26.2 Å². The Labute approximate surface area is 239 Å². The number of likely N-dealkylation sites (N-methyl/N-ethyl adjacent to an activating group) is 1. The molecule has 0 bridgehead atoms. The van der Waals surface area contributed by atoms with Crippen LogP contribution in [0.4, 0.5) is 0 Å². The fourth-order valence-corrected chi connectivity index (χ4v) is 4.89. The summed E-state index contributed by atoms with van der Waals surface area (Å²) in [4.78, 5) is 2.08. The van der Waals surface area contributed by atoms with Crippen LogP contribution in [-0.4, -0.2) is 22.2 Å². The van der Waals surface area contributed by atoms with Crippen molar-refractivity contribution in [3.8, 4) is 11.1 Å². The molecule has 1 nitrogen and oxygen atoms in total. The van der Waals surface area contributed by atoms with Crippen LogP contribution in [0.2, 0.25) is 0 Å². The van der Waals surface area contributed by atoms with Crippen molar-refractivity contribution in [3.63, 3.8) is 0 Å². The number of hydrogen-bond acceptors (Lipinski definition) is 1. The Balaban J connectivity index is 0.000000197. The molecule has 2 aliphatic carbocycles. The zero-order valence-corrected chi connectivity index (χ0v) is 24.8. The Bertz CT molecular complexity index is 1230. The average Bonchev–Trinajstić information content (AvgIpc) is 3.59. The first-order valence-corrected chi connectivity index (χ1v) is 13.1. The monoisotopic (exact) mass is 559 g/mol. The third kappa shape index (κ3) is 8.21. The van der Waals surface area contributed by atoms with Gasteiger partial charge in [0.05, 0.1) is 0 Å². The first-order valence-electron chi connectivity index (χ1n) is 11.8. The Kier molecular flexibility index (Phi) is 12.4. The van der Waals surface area contributed by atoms with Crippen molar-refractivity contribution in [2.24, 2.45) is 0 Å². The number of rotatable bonds is 3. The molecular weight excluding hydrogens is 526 g/mol. The molecule has 0 saturated carbocycles. The number of hydrogen-bond donors (Lipinski definition) is 0. The third-order valence-corrected chi connectivity index (χ3v) is 7.36. The van der Waals surface area contributed by atoms with Gasteiger partial charge in [0.1, 0.15) is 0 Å². The van der Waals surface area contributed by atoms with Gasteiger partial charge in [-0.3, -0.25) is 6.08 Å². The molecule has 0 spiro atoms. The Morgan fingerprint density at radius 2 is 1.30 bits per heavy atom. The topological polar surface area (TPSA) is 3.24 Å². The van der Waals surface area contributed by atoms with Crippen LogP contribution in [0.1, 0.15) is 28.7 Å². The van der Waals surface area contributed by atoms with Crippen molar-refractivity contribution in [2.45, 2.75) is 12.8 Å². The smallest absolute Gasteiger partial charge is 0.0253 e. The Morgan fingerprint density at radius 1 is 0.730 bits per heavy atom. The molecule has 4 aromatic rings. The van der Waals surface area contributed by atoms with Crippen molar-refractivity contribution in [1.29, 1.82) is 0 Å². The maximum absolute atomic E-state index is 3.30. The number of allylic oxidation sites excluding steroid dienone is 3. The summed E-state index contributed by atoms with van der Waals surface area (Å²) in [5, 5.41) is 0. The van der Waals surface area contributed by atoms with Gasteiger partial charge in [0.2, 0.25) is 0 Å². The van der Waals surface area contributed by atoms with Crippen LogP contribution in [-0.2, 0) is 30.7 Å². The molecule has 0 saturated heterocycles. The van der Waals surface area contributed by atoms with Gasteiger partial charge >= 0.3 is 99.2 Å². The van der Waals surface area contributed by atoms with Gasteiger partial charge in [-0.15, -0.1) is 17.7 Å². The number of nitrogens with zero attached hydrogens (tertiary/aromatic N) is 1. The minimum absolute atomic E-state index is 0. The molecule has 188 valence electrons. The van der Waals surface area contributed by atoms with Gasteiger partial charge in [-0.1, -0.05) is 35.4 Å². The summed E-state index contributed by atoms with van der Waals surface area (Å²) in [6.45, 7) is 0.